The molecule has 4 bridgehead atoms. The first-order valence-electron chi connectivity index (χ1n) is 24.5. The molecule has 6 rings (SSSR count). The molecule has 366 valence electrons. The third-order valence-electron chi connectivity index (χ3n) is 15.4. The molecule has 5 aliphatic rings. The predicted octanol–water partition coefficient (Wildman–Crippen LogP) is 7.78. The summed E-state index contributed by atoms with van der Waals surface area (Å²) in [7, 11) is 6.44. The number of fused-ring (bicyclic) bond motifs is 5. The van der Waals surface area contributed by atoms with Gasteiger partial charge in [0, 0.05) is 51.9 Å². The number of likely N-dealkylation sites (N-methyl/N-ethyl adjacent to an activating group) is 1. The number of carbonyl (C=O) groups is 5. The number of nitrogens with zero attached hydrogens (tertiary/aromatic N) is 3. The van der Waals surface area contributed by atoms with Crippen molar-refractivity contribution >= 4 is 47.1 Å². The van der Waals surface area contributed by atoms with Crippen molar-refractivity contribution in [1.29, 1.82) is 0 Å². The highest BCUT2D eigenvalue weighted by Crippen LogP contribution is 2.61. The molecule has 4 fully saturated rings. The standard InChI is InChI=1S/C51H76ClN5O9/c1-32-16-15-20-42(63-7)39-29-43(65-50(62)54-39)33(2)38-31-51(38,4)45(30-46(59)56(6)41-27-35(26-32)28-44(64-8)47(41)52)66-49(61)40(55(5)34(3)58)19-13-14-23-57-24-21-36(22-25-57)48(60)53-37-17-11-9-10-12-18-37/h15-16,20,27-28,33,36-40,42-43,45H,9-14,17-19,21-26,29-31H2,1-8H3,(H,53,60)(H,54,62)/b20-15+,32-16+/t33-,38-,39+,40-,42+,43-,45-,51+/m0/s1. The van der Waals surface area contributed by atoms with Crippen LogP contribution < -0.4 is 20.3 Å². The van der Waals surface area contributed by atoms with Crippen molar-refractivity contribution in [1.82, 2.24) is 20.4 Å². The van der Waals surface area contributed by atoms with E-state index in [0.717, 1.165) is 62.9 Å². The predicted molar refractivity (Wildman–Crippen MR) is 255 cm³/mol. The lowest BCUT2D eigenvalue weighted by Gasteiger charge is -2.37. The van der Waals surface area contributed by atoms with Crippen molar-refractivity contribution in [2.45, 2.75) is 160 Å². The van der Waals surface area contributed by atoms with Crippen molar-refractivity contribution in [2.24, 2.45) is 23.2 Å². The Morgan fingerprint density at radius 1 is 1.06 bits per heavy atom. The van der Waals surface area contributed by atoms with E-state index < -0.39 is 41.8 Å². The number of methoxy groups -OCH3 is 2. The van der Waals surface area contributed by atoms with Gasteiger partial charge in [-0.3, -0.25) is 14.4 Å². The minimum absolute atomic E-state index is 0.0479. The lowest BCUT2D eigenvalue weighted by atomic mass is 9.84. The molecule has 66 heavy (non-hydrogen) atoms. The van der Waals surface area contributed by atoms with Crippen molar-refractivity contribution in [3.63, 3.8) is 0 Å². The number of hydrogen-bond acceptors (Lipinski definition) is 10. The van der Waals surface area contributed by atoms with E-state index in [9.17, 15) is 24.0 Å². The van der Waals surface area contributed by atoms with Crippen molar-refractivity contribution < 1.29 is 42.9 Å². The third kappa shape index (κ3) is 12.9. The highest BCUT2D eigenvalue weighted by molar-refractivity contribution is 6.35. The summed E-state index contributed by atoms with van der Waals surface area (Å²) in [5.41, 5.74) is 1.73. The van der Waals surface area contributed by atoms with Crippen LogP contribution in [-0.4, -0.2) is 124 Å². The number of alkyl carbamates (subject to hydrolysis) is 1. The Labute approximate surface area is 397 Å². The number of rotatable bonds is 12. The zero-order valence-corrected chi connectivity index (χ0v) is 41.5. The molecule has 3 aliphatic heterocycles. The second-order valence-corrected chi connectivity index (χ2v) is 20.4. The zero-order chi connectivity index (χ0) is 47.7. The SMILES string of the molecule is COc1cc2cc(c1Cl)N(C)C(=O)C[C@H](OC(=O)[C@H](CCCCN1CCC(C(=O)NC3CCCCCC3)CC1)N(C)C(C)=O)[C@]1(C)C[C@H]1[C@H](C)[C@@H]1C[C@@H](NC(=O)O1)[C@H](OC)/C=C/C=C(\C)C2. The van der Waals surface area contributed by atoms with Crippen LogP contribution in [0.4, 0.5) is 10.5 Å². The molecule has 0 radical (unpaired) electrons. The Balaban J connectivity index is 1.18. The highest BCUT2D eigenvalue weighted by Gasteiger charge is 2.61. The van der Waals surface area contributed by atoms with E-state index in [-0.39, 0.29) is 53.0 Å². The van der Waals surface area contributed by atoms with Gasteiger partial charge in [0.2, 0.25) is 17.7 Å². The van der Waals surface area contributed by atoms with Crippen molar-refractivity contribution in [2.75, 3.05) is 52.8 Å². The number of allylic oxidation sites excluding steroid dienone is 3. The molecule has 2 N–H and O–H groups in total. The molecule has 8 atom stereocenters. The van der Waals surface area contributed by atoms with Gasteiger partial charge in [-0.2, -0.15) is 0 Å². The number of amides is 4. The van der Waals surface area contributed by atoms with Gasteiger partial charge in [0.05, 0.1) is 31.4 Å². The average molecular weight is 939 g/mol. The van der Waals surface area contributed by atoms with E-state index in [0.29, 0.717) is 49.6 Å². The second kappa shape index (κ2) is 23.2. The lowest BCUT2D eigenvalue weighted by molar-refractivity contribution is -0.163. The van der Waals surface area contributed by atoms with Crippen LogP contribution in [0.5, 0.6) is 5.75 Å². The summed E-state index contributed by atoms with van der Waals surface area (Å²) in [6, 6.07) is 2.85. The molecule has 1 aromatic rings. The molecule has 4 amide bonds. The topological polar surface area (TPSA) is 156 Å². The van der Waals surface area contributed by atoms with Crippen LogP contribution in [0.2, 0.25) is 5.02 Å². The summed E-state index contributed by atoms with van der Waals surface area (Å²) in [6.07, 6.45) is 15.7. The van der Waals surface area contributed by atoms with Crippen LogP contribution in [0, 0.1) is 23.2 Å². The third-order valence-corrected chi connectivity index (χ3v) is 15.8. The molecule has 15 heteroatoms. The molecular formula is C51H76ClN5O9. The summed E-state index contributed by atoms with van der Waals surface area (Å²) in [4.78, 5) is 73.4. The highest BCUT2D eigenvalue weighted by atomic mass is 35.5. The number of halogens is 1. The van der Waals surface area contributed by atoms with E-state index in [1.807, 2.05) is 44.2 Å². The second-order valence-electron chi connectivity index (χ2n) is 20.0. The van der Waals surface area contributed by atoms with Gasteiger partial charge >= 0.3 is 12.1 Å². The maximum Gasteiger partial charge on any atom is 0.407 e. The van der Waals surface area contributed by atoms with Crippen LogP contribution >= 0.6 is 11.6 Å². The van der Waals surface area contributed by atoms with E-state index >= 15 is 0 Å². The molecule has 2 aliphatic carbocycles. The maximum absolute atomic E-state index is 14.5. The first-order chi connectivity index (χ1) is 31.5. The van der Waals surface area contributed by atoms with Gasteiger partial charge < -0.3 is 44.3 Å². The zero-order valence-electron chi connectivity index (χ0n) is 40.7. The van der Waals surface area contributed by atoms with E-state index in [1.54, 1.807) is 21.2 Å². The quantitative estimate of drug-likeness (QED) is 0.121. The number of likely N-dealkylation sites (tertiary alicyclic amines) is 1. The van der Waals surface area contributed by atoms with Crippen LogP contribution in [-0.2, 0) is 39.8 Å². The first kappa shape index (κ1) is 51.3. The fourth-order valence-corrected chi connectivity index (χ4v) is 11.2. The van der Waals surface area contributed by atoms with Crippen LogP contribution in [0.25, 0.3) is 0 Å². The molecule has 2 saturated carbocycles. The van der Waals surface area contributed by atoms with Crippen LogP contribution in [0.15, 0.2) is 35.9 Å². The number of ether oxygens (including phenoxy) is 4. The smallest absolute Gasteiger partial charge is 0.407 e. The number of benzene rings is 1. The van der Waals surface area contributed by atoms with Gasteiger partial charge in [-0.25, -0.2) is 9.59 Å². The maximum atomic E-state index is 14.5. The lowest BCUT2D eigenvalue weighted by Crippen LogP contribution is -2.53. The van der Waals surface area contributed by atoms with Gasteiger partial charge in [0.25, 0.3) is 0 Å². The van der Waals surface area contributed by atoms with E-state index in [4.69, 9.17) is 30.5 Å². The molecule has 0 aromatic heterocycles. The van der Waals surface area contributed by atoms with Gasteiger partial charge in [-0.1, -0.05) is 74.9 Å². The van der Waals surface area contributed by atoms with Crippen molar-refractivity contribution in [3.8, 4) is 5.75 Å². The largest absolute Gasteiger partial charge is 0.495 e. The van der Waals surface area contributed by atoms with Gasteiger partial charge in [-0.15, -0.1) is 0 Å². The van der Waals surface area contributed by atoms with Gasteiger partial charge in [0.15, 0.2) is 0 Å². The average Bonchev–Trinajstić information content (AvgIpc) is 4.05. The number of carbonyl (C=O) groups excluding carboxylic acids is 5. The number of esters is 1. The van der Waals surface area contributed by atoms with Crippen molar-refractivity contribution in [3.05, 3.63) is 46.5 Å². The fraction of sp³-hybridized carbons (Fsp3) is 0.706. The first-order valence-corrected chi connectivity index (χ1v) is 24.8. The number of anilines is 1. The number of nitrogens with one attached hydrogen (secondary N) is 2. The van der Waals surface area contributed by atoms with Crippen LogP contribution in [0.3, 0.4) is 0 Å². The fourth-order valence-electron chi connectivity index (χ4n) is 10.9. The van der Waals surface area contributed by atoms with E-state index in [1.165, 1.54) is 49.5 Å². The summed E-state index contributed by atoms with van der Waals surface area (Å²) >= 11 is 6.89. The van der Waals surface area contributed by atoms with E-state index in [2.05, 4.69) is 22.5 Å². The molecule has 14 nitrogen and oxygen atoms in total. The summed E-state index contributed by atoms with van der Waals surface area (Å²) in [5.74, 6) is -0.644. The summed E-state index contributed by atoms with van der Waals surface area (Å²) in [6.45, 7) is 10.1. The molecule has 2 saturated heterocycles. The number of hydrogen-bond donors (Lipinski definition) is 2. The minimum Gasteiger partial charge on any atom is -0.495 e. The van der Waals surface area contributed by atoms with Gasteiger partial charge in [0.1, 0.15) is 29.0 Å². The Morgan fingerprint density at radius 2 is 1.77 bits per heavy atom. The minimum atomic E-state index is -0.865. The van der Waals surface area contributed by atoms with Gasteiger partial charge in [-0.05, 0) is 114 Å². The summed E-state index contributed by atoms with van der Waals surface area (Å²) < 4.78 is 24.0. The molecule has 3 heterocycles. The van der Waals surface area contributed by atoms with Crippen LogP contribution in [0.1, 0.15) is 123 Å². The summed E-state index contributed by atoms with van der Waals surface area (Å²) in [5, 5.41) is 6.58. The monoisotopic (exact) mass is 938 g/mol. The Kier molecular flexibility index (Phi) is 18.1. The molecule has 0 spiro atoms. The molecular weight excluding hydrogens is 862 g/mol. The number of piperidine rings is 1. The Hall–Kier alpha value is -4.14. The normalized spacial score (nSPS) is 30.0. The molecule has 1 aromatic carbocycles. The number of unbranched alkanes of at least 4 members (excludes halogenated alkanes) is 1. The Bertz CT molecular complexity index is 1940. The molecule has 0 unspecified atom stereocenters. The Morgan fingerprint density at radius 3 is 2.44 bits per heavy atom.